The number of rotatable bonds is 3. The molecule has 1 aromatic heterocycles. The van der Waals surface area contributed by atoms with E-state index in [9.17, 15) is 4.79 Å². The summed E-state index contributed by atoms with van der Waals surface area (Å²) in [6.45, 7) is 2.13. The minimum Gasteiger partial charge on any atom is -0.372 e. The Bertz CT molecular complexity index is 470. The zero-order valence-electron chi connectivity index (χ0n) is 11.4. The van der Waals surface area contributed by atoms with Gasteiger partial charge in [0.25, 0.3) is 5.91 Å². The number of amides is 1. The number of pyridine rings is 1. The van der Waals surface area contributed by atoms with E-state index in [0.29, 0.717) is 11.4 Å². The topological polar surface area (TPSA) is 54.0 Å². The lowest BCUT2D eigenvalue weighted by Crippen LogP contribution is -2.47. The minimum atomic E-state index is -0.0807. The summed E-state index contributed by atoms with van der Waals surface area (Å²) < 4.78 is 0.811. The Morgan fingerprint density at radius 3 is 2.68 bits per heavy atom. The predicted molar refractivity (Wildman–Crippen MR) is 80.4 cm³/mol. The molecule has 2 rings (SSSR count). The highest BCUT2D eigenvalue weighted by atomic mass is 79.9. The van der Waals surface area contributed by atoms with Gasteiger partial charge in [0, 0.05) is 23.3 Å². The van der Waals surface area contributed by atoms with Gasteiger partial charge in [-0.05, 0) is 41.8 Å². The number of aromatic nitrogens is 1. The van der Waals surface area contributed by atoms with Crippen molar-refractivity contribution in [2.45, 2.75) is 44.6 Å². The molecule has 0 aromatic carbocycles. The maximum Gasteiger partial charge on any atom is 0.255 e. The van der Waals surface area contributed by atoms with Crippen LogP contribution in [-0.4, -0.2) is 23.5 Å². The molecule has 4 nitrogen and oxygen atoms in total. The molecule has 5 heteroatoms. The van der Waals surface area contributed by atoms with Crippen LogP contribution in [0.15, 0.2) is 16.7 Å². The number of nitrogens with one attached hydrogen (secondary N) is 2. The number of anilines is 1. The molecule has 0 atom stereocenters. The first-order valence-electron chi connectivity index (χ1n) is 6.70. The Morgan fingerprint density at radius 1 is 1.37 bits per heavy atom. The molecule has 19 heavy (non-hydrogen) atoms. The number of carbonyl (C=O) groups excluding carboxylic acids is 1. The molecule has 1 amide bonds. The quantitative estimate of drug-likeness (QED) is 0.896. The van der Waals surface area contributed by atoms with E-state index in [1.807, 2.05) is 0 Å². The second-order valence-corrected chi connectivity index (χ2v) is 6.29. The third kappa shape index (κ3) is 3.47. The predicted octanol–water partition coefficient (Wildman–Crippen LogP) is 3.34. The van der Waals surface area contributed by atoms with E-state index in [1.165, 1.54) is 19.3 Å². The van der Waals surface area contributed by atoms with Gasteiger partial charge in [0.2, 0.25) is 0 Å². The molecule has 2 N–H and O–H groups in total. The fourth-order valence-corrected chi connectivity index (χ4v) is 2.94. The first-order valence-corrected chi connectivity index (χ1v) is 7.49. The molecule has 0 bridgehead atoms. The SMILES string of the molecule is CNc1ncc(Br)cc1C(=O)NC1(C)CCCCC1. The summed E-state index contributed by atoms with van der Waals surface area (Å²) in [7, 11) is 1.77. The lowest BCUT2D eigenvalue weighted by molar-refractivity contribution is 0.0883. The zero-order valence-corrected chi connectivity index (χ0v) is 13.0. The summed E-state index contributed by atoms with van der Waals surface area (Å²) in [5, 5.41) is 6.13. The van der Waals surface area contributed by atoms with Crippen LogP contribution < -0.4 is 10.6 Å². The van der Waals surface area contributed by atoms with Crippen molar-refractivity contribution in [3.8, 4) is 0 Å². The molecule has 1 saturated carbocycles. The molecule has 104 valence electrons. The van der Waals surface area contributed by atoms with Crippen LogP contribution in [0.1, 0.15) is 49.4 Å². The summed E-state index contributed by atoms with van der Waals surface area (Å²) >= 11 is 3.36. The van der Waals surface area contributed by atoms with E-state index >= 15 is 0 Å². The van der Waals surface area contributed by atoms with Crippen LogP contribution in [0.5, 0.6) is 0 Å². The first-order chi connectivity index (χ1) is 9.04. The lowest BCUT2D eigenvalue weighted by atomic mass is 9.83. The standard InChI is InChI=1S/C14H20BrN3O/c1-14(6-4-3-5-7-14)18-13(19)11-8-10(15)9-17-12(11)16-2/h8-9H,3-7H2,1-2H3,(H,16,17)(H,18,19). The molecular formula is C14H20BrN3O. The van der Waals surface area contributed by atoms with E-state index in [2.05, 4.69) is 38.5 Å². The van der Waals surface area contributed by atoms with Crippen molar-refractivity contribution < 1.29 is 4.79 Å². The largest absolute Gasteiger partial charge is 0.372 e. The van der Waals surface area contributed by atoms with Crippen molar-refractivity contribution in [3.05, 3.63) is 22.3 Å². The van der Waals surface area contributed by atoms with E-state index in [4.69, 9.17) is 0 Å². The van der Waals surface area contributed by atoms with Gasteiger partial charge in [-0.15, -0.1) is 0 Å². The minimum absolute atomic E-state index is 0.0532. The Labute approximate surface area is 122 Å². The van der Waals surface area contributed by atoms with Crippen LogP contribution in [-0.2, 0) is 0 Å². The Kier molecular flexibility index (Phi) is 4.45. The smallest absolute Gasteiger partial charge is 0.255 e. The van der Waals surface area contributed by atoms with Crippen molar-refractivity contribution in [3.63, 3.8) is 0 Å². The molecule has 1 aromatic rings. The average Bonchev–Trinajstić information content (AvgIpc) is 2.39. The van der Waals surface area contributed by atoms with Gasteiger partial charge in [-0.1, -0.05) is 19.3 Å². The Balaban J connectivity index is 2.17. The van der Waals surface area contributed by atoms with Crippen LogP contribution in [0.4, 0.5) is 5.82 Å². The molecule has 0 unspecified atom stereocenters. The molecule has 1 fully saturated rings. The third-order valence-corrected chi connectivity index (χ3v) is 4.14. The summed E-state index contributed by atoms with van der Waals surface area (Å²) in [6, 6.07) is 1.81. The molecular weight excluding hydrogens is 306 g/mol. The van der Waals surface area contributed by atoms with Gasteiger partial charge >= 0.3 is 0 Å². The van der Waals surface area contributed by atoms with E-state index < -0.39 is 0 Å². The van der Waals surface area contributed by atoms with Crippen molar-refractivity contribution in [2.75, 3.05) is 12.4 Å². The Morgan fingerprint density at radius 2 is 2.05 bits per heavy atom. The third-order valence-electron chi connectivity index (χ3n) is 3.71. The molecule has 1 heterocycles. The highest BCUT2D eigenvalue weighted by Gasteiger charge is 2.29. The van der Waals surface area contributed by atoms with Gasteiger partial charge in [-0.2, -0.15) is 0 Å². The van der Waals surface area contributed by atoms with E-state index in [0.717, 1.165) is 17.3 Å². The normalized spacial score (nSPS) is 17.8. The van der Waals surface area contributed by atoms with E-state index in [-0.39, 0.29) is 11.4 Å². The van der Waals surface area contributed by atoms with Gasteiger partial charge in [-0.3, -0.25) is 4.79 Å². The van der Waals surface area contributed by atoms with Crippen molar-refractivity contribution >= 4 is 27.7 Å². The fraction of sp³-hybridized carbons (Fsp3) is 0.571. The first kappa shape index (κ1) is 14.3. The zero-order chi connectivity index (χ0) is 13.9. The average molecular weight is 326 g/mol. The lowest BCUT2D eigenvalue weighted by Gasteiger charge is -2.34. The molecule has 0 saturated heterocycles. The van der Waals surface area contributed by atoms with Gasteiger partial charge < -0.3 is 10.6 Å². The van der Waals surface area contributed by atoms with Crippen LogP contribution in [0, 0.1) is 0 Å². The Hall–Kier alpha value is -1.10. The van der Waals surface area contributed by atoms with Crippen LogP contribution in [0.25, 0.3) is 0 Å². The van der Waals surface area contributed by atoms with Crippen LogP contribution >= 0.6 is 15.9 Å². The van der Waals surface area contributed by atoms with Crippen LogP contribution in [0.2, 0.25) is 0 Å². The summed E-state index contributed by atoms with van der Waals surface area (Å²) in [4.78, 5) is 16.7. The van der Waals surface area contributed by atoms with Gasteiger partial charge in [0.15, 0.2) is 0 Å². The number of carbonyl (C=O) groups is 1. The molecule has 1 aliphatic rings. The second-order valence-electron chi connectivity index (χ2n) is 5.38. The number of halogens is 1. The molecule has 0 aliphatic heterocycles. The summed E-state index contributed by atoms with van der Waals surface area (Å²) in [6.07, 6.45) is 7.43. The molecule has 0 radical (unpaired) electrons. The van der Waals surface area contributed by atoms with Gasteiger partial charge in [-0.25, -0.2) is 4.98 Å². The number of hydrogen-bond donors (Lipinski definition) is 2. The van der Waals surface area contributed by atoms with Crippen molar-refractivity contribution in [2.24, 2.45) is 0 Å². The van der Waals surface area contributed by atoms with Crippen molar-refractivity contribution in [1.82, 2.24) is 10.3 Å². The number of hydrogen-bond acceptors (Lipinski definition) is 3. The summed E-state index contributed by atoms with van der Waals surface area (Å²) in [5.74, 6) is 0.558. The second kappa shape index (κ2) is 5.90. The monoisotopic (exact) mass is 325 g/mol. The fourth-order valence-electron chi connectivity index (χ4n) is 2.61. The molecule has 0 spiro atoms. The highest BCUT2D eigenvalue weighted by molar-refractivity contribution is 9.10. The van der Waals surface area contributed by atoms with Gasteiger partial charge in [0.05, 0.1) is 5.56 Å². The summed E-state index contributed by atoms with van der Waals surface area (Å²) in [5.41, 5.74) is 0.506. The maximum atomic E-state index is 12.4. The maximum absolute atomic E-state index is 12.4. The number of nitrogens with zero attached hydrogens (tertiary/aromatic N) is 1. The molecule has 1 aliphatic carbocycles. The van der Waals surface area contributed by atoms with Gasteiger partial charge in [0.1, 0.15) is 5.82 Å². The highest BCUT2D eigenvalue weighted by Crippen LogP contribution is 2.28. The van der Waals surface area contributed by atoms with Crippen LogP contribution in [0.3, 0.4) is 0 Å². The van der Waals surface area contributed by atoms with Crippen molar-refractivity contribution in [1.29, 1.82) is 0 Å². The van der Waals surface area contributed by atoms with E-state index in [1.54, 1.807) is 19.3 Å².